The van der Waals surface area contributed by atoms with Crippen LogP contribution >= 0.6 is 11.3 Å². The molecule has 0 amide bonds. The van der Waals surface area contributed by atoms with Crippen molar-refractivity contribution in [1.82, 2.24) is 15.0 Å². The van der Waals surface area contributed by atoms with Gasteiger partial charge in [-0.2, -0.15) is 9.97 Å². The quantitative estimate of drug-likeness (QED) is 0.649. The topological polar surface area (TPSA) is 103 Å². The van der Waals surface area contributed by atoms with Crippen LogP contribution in [0.2, 0.25) is 0 Å². The number of thiazole rings is 1. The zero-order valence-electron chi connectivity index (χ0n) is 9.29. The lowest BCUT2D eigenvalue weighted by atomic mass is 10.3. The van der Waals surface area contributed by atoms with Crippen LogP contribution < -0.4 is 16.8 Å². The maximum atomic E-state index is 5.60. The fourth-order valence-corrected chi connectivity index (χ4v) is 2.46. The van der Waals surface area contributed by atoms with Crippen LogP contribution in [-0.4, -0.2) is 15.0 Å². The number of nitrogen functional groups attached to an aromatic ring is 2. The van der Waals surface area contributed by atoms with Gasteiger partial charge in [0.25, 0.3) is 0 Å². The van der Waals surface area contributed by atoms with Crippen molar-refractivity contribution in [2.75, 3.05) is 16.8 Å². The van der Waals surface area contributed by atoms with Crippen LogP contribution in [0, 0.1) is 0 Å². The number of aromatic nitrogens is 3. The van der Waals surface area contributed by atoms with E-state index in [2.05, 4.69) is 20.3 Å². The third kappa shape index (κ3) is 2.03. The van der Waals surface area contributed by atoms with Gasteiger partial charge >= 0.3 is 0 Å². The molecule has 7 heteroatoms. The van der Waals surface area contributed by atoms with E-state index in [-0.39, 0.29) is 5.95 Å². The van der Waals surface area contributed by atoms with Crippen LogP contribution in [0.15, 0.2) is 30.3 Å². The van der Waals surface area contributed by atoms with Crippen LogP contribution in [0.4, 0.5) is 22.7 Å². The standard InChI is InChI=1S/C11H10N6S/c12-8-5-9(16-10(13)15-8)17-11-14-6-3-1-2-4-7(6)18-11/h1-5H,(H5,12,13,14,15,16,17). The molecule has 1 aromatic carbocycles. The molecule has 0 unspecified atom stereocenters. The number of nitrogens with zero attached hydrogens (tertiary/aromatic N) is 3. The van der Waals surface area contributed by atoms with Gasteiger partial charge in [-0.1, -0.05) is 23.5 Å². The average Bonchev–Trinajstić information content (AvgIpc) is 2.69. The normalized spacial score (nSPS) is 10.7. The summed E-state index contributed by atoms with van der Waals surface area (Å²) in [6.07, 6.45) is 0. The SMILES string of the molecule is Nc1cc(Nc2nc3ccccc3s2)nc(N)n1. The third-order valence-corrected chi connectivity index (χ3v) is 3.24. The summed E-state index contributed by atoms with van der Waals surface area (Å²) < 4.78 is 1.11. The van der Waals surface area contributed by atoms with Gasteiger partial charge < -0.3 is 16.8 Å². The molecule has 2 heterocycles. The summed E-state index contributed by atoms with van der Waals surface area (Å²) in [5, 5.41) is 3.82. The number of rotatable bonds is 2. The van der Waals surface area contributed by atoms with Gasteiger partial charge in [-0.05, 0) is 12.1 Å². The molecule has 6 nitrogen and oxygen atoms in total. The van der Waals surface area contributed by atoms with E-state index in [1.165, 1.54) is 11.3 Å². The molecule has 5 N–H and O–H groups in total. The molecule has 0 bridgehead atoms. The van der Waals surface area contributed by atoms with Gasteiger partial charge in [-0.15, -0.1) is 0 Å². The van der Waals surface area contributed by atoms with E-state index in [4.69, 9.17) is 11.5 Å². The highest BCUT2D eigenvalue weighted by atomic mass is 32.1. The fraction of sp³-hybridized carbons (Fsp3) is 0. The lowest BCUT2D eigenvalue weighted by Gasteiger charge is -2.02. The Labute approximate surface area is 107 Å². The maximum absolute atomic E-state index is 5.60. The summed E-state index contributed by atoms with van der Waals surface area (Å²) in [6.45, 7) is 0. The highest BCUT2D eigenvalue weighted by Gasteiger charge is 2.05. The van der Waals surface area contributed by atoms with Crippen molar-refractivity contribution in [1.29, 1.82) is 0 Å². The molecule has 0 atom stereocenters. The number of anilines is 4. The first-order chi connectivity index (χ1) is 8.70. The van der Waals surface area contributed by atoms with E-state index in [0.29, 0.717) is 11.6 Å². The summed E-state index contributed by atoms with van der Waals surface area (Å²) in [5.41, 5.74) is 12.1. The molecule has 0 radical (unpaired) electrons. The van der Waals surface area contributed by atoms with Crippen LogP contribution in [0.25, 0.3) is 10.2 Å². The van der Waals surface area contributed by atoms with Gasteiger partial charge in [0.1, 0.15) is 11.6 Å². The summed E-state index contributed by atoms with van der Waals surface area (Å²) in [7, 11) is 0. The highest BCUT2D eigenvalue weighted by molar-refractivity contribution is 7.22. The van der Waals surface area contributed by atoms with Gasteiger partial charge in [-0.3, -0.25) is 0 Å². The van der Waals surface area contributed by atoms with Crippen molar-refractivity contribution >= 4 is 44.3 Å². The Morgan fingerprint density at radius 1 is 1.06 bits per heavy atom. The number of fused-ring (bicyclic) bond motifs is 1. The molecular weight excluding hydrogens is 248 g/mol. The van der Waals surface area contributed by atoms with Crippen LogP contribution in [0.1, 0.15) is 0 Å². The zero-order chi connectivity index (χ0) is 12.5. The minimum Gasteiger partial charge on any atom is -0.383 e. The molecule has 0 saturated carbocycles. The van der Waals surface area contributed by atoms with Crippen molar-refractivity contribution in [3.05, 3.63) is 30.3 Å². The number of nitrogens with two attached hydrogens (primary N) is 2. The molecule has 0 spiro atoms. The molecule has 0 aliphatic heterocycles. The Morgan fingerprint density at radius 3 is 2.67 bits per heavy atom. The first-order valence-corrected chi connectivity index (χ1v) is 6.05. The summed E-state index contributed by atoms with van der Waals surface area (Å²) >= 11 is 1.54. The van der Waals surface area contributed by atoms with Crippen molar-refractivity contribution in [3.8, 4) is 0 Å². The predicted molar refractivity (Wildman–Crippen MR) is 73.8 cm³/mol. The molecule has 0 saturated heterocycles. The van der Waals surface area contributed by atoms with Gasteiger partial charge in [0.05, 0.1) is 10.2 Å². The van der Waals surface area contributed by atoms with Crippen molar-refractivity contribution in [3.63, 3.8) is 0 Å². The zero-order valence-corrected chi connectivity index (χ0v) is 10.1. The minimum atomic E-state index is 0.138. The Balaban J connectivity index is 1.96. The van der Waals surface area contributed by atoms with E-state index in [9.17, 15) is 0 Å². The lowest BCUT2D eigenvalue weighted by Crippen LogP contribution is -2.02. The molecule has 0 fully saturated rings. The van der Waals surface area contributed by atoms with Crippen molar-refractivity contribution in [2.24, 2.45) is 0 Å². The Morgan fingerprint density at radius 2 is 1.89 bits per heavy atom. The number of para-hydroxylation sites is 1. The average molecular weight is 258 g/mol. The second-order valence-electron chi connectivity index (χ2n) is 3.65. The van der Waals surface area contributed by atoms with Crippen LogP contribution in [-0.2, 0) is 0 Å². The summed E-state index contributed by atoms with van der Waals surface area (Å²) in [4.78, 5) is 12.3. The van der Waals surface area contributed by atoms with Gasteiger partial charge in [0, 0.05) is 6.07 Å². The molecular formula is C11H10N6S. The smallest absolute Gasteiger partial charge is 0.223 e. The van der Waals surface area contributed by atoms with E-state index in [0.717, 1.165) is 15.3 Å². The molecule has 18 heavy (non-hydrogen) atoms. The Hall–Kier alpha value is -2.41. The third-order valence-electron chi connectivity index (χ3n) is 2.29. The fourth-order valence-electron chi connectivity index (χ4n) is 1.58. The minimum absolute atomic E-state index is 0.138. The first kappa shape index (κ1) is 10.7. The van der Waals surface area contributed by atoms with E-state index >= 15 is 0 Å². The van der Waals surface area contributed by atoms with E-state index in [1.54, 1.807) is 6.07 Å². The van der Waals surface area contributed by atoms with E-state index in [1.807, 2.05) is 24.3 Å². The van der Waals surface area contributed by atoms with E-state index < -0.39 is 0 Å². The summed E-state index contributed by atoms with van der Waals surface area (Å²) in [6, 6.07) is 9.51. The molecule has 90 valence electrons. The second-order valence-corrected chi connectivity index (χ2v) is 4.68. The molecule has 0 aliphatic carbocycles. The van der Waals surface area contributed by atoms with Gasteiger partial charge in [0.2, 0.25) is 5.95 Å². The van der Waals surface area contributed by atoms with Crippen molar-refractivity contribution < 1.29 is 0 Å². The molecule has 0 aliphatic rings. The van der Waals surface area contributed by atoms with Gasteiger partial charge in [-0.25, -0.2) is 4.98 Å². The largest absolute Gasteiger partial charge is 0.383 e. The predicted octanol–water partition coefficient (Wildman–Crippen LogP) is 1.99. The van der Waals surface area contributed by atoms with Crippen LogP contribution in [0.5, 0.6) is 0 Å². The molecule has 3 rings (SSSR count). The number of hydrogen-bond acceptors (Lipinski definition) is 7. The number of benzene rings is 1. The molecule has 2 aromatic heterocycles. The first-order valence-electron chi connectivity index (χ1n) is 5.23. The Kier molecular flexibility index (Phi) is 2.45. The lowest BCUT2D eigenvalue weighted by molar-refractivity contribution is 1.19. The number of nitrogens with one attached hydrogen (secondary N) is 1. The number of hydrogen-bond donors (Lipinski definition) is 3. The Bertz CT molecular complexity index is 654. The summed E-state index contributed by atoms with van der Waals surface area (Å²) in [5.74, 6) is 1.00. The molecule has 3 aromatic rings. The van der Waals surface area contributed by atoms with Crippen molar-refractivity contribution in [2.45, 2.75) is 0 Å². The van der Waals surface area contributed by atoms with Gasteiger partial charge in [0.15, 0.2) is 5.13 Å². The maximum Gasteiger partial charge on any atom is 0.223 e. The van der Waals surface area contributed by atoms with Crippen LogP contribution in [0.3, 0.4) is 0 Å². The monoisotopic (exact) mass is 258 g/mol. The second kappa shape index (κ2) is 4.11. The highest BCUT2D eigenvalue weighted by Crippen LogP contribution is 2.27.